The Kier molecular flexibility index (Phi) is 8.22. The molecular weight excluding hydrogens is 378 g/mol. The van der Waals surface area contributed by atoms with E-state index in [2.05, 4.69) is 34.4 Å². The van der Waals surface area contributed by atoms with Crippen LogP contribution in [-0.2, 0) is 0 Å². The maximum atomic E-state index is 5.44. The third kappa shape index (κ3) is 5.58. The van der Waals surface area contributed by atoms with Crippen LogP contribution in [0.5, 0.6) is 11.5 Å². The van der Waals surface area contributed by atoms with Crippen molar-refractivity contribution in [3.8, 4) is 11.5 Å². The molecule has 0 aromatic heterocycles. The van der Waals surface area contributed by atoms with Gasteiger partial charge in [-0.3, -0.25) is 9.89 Å². The van der Waals surface area contributed by atoms with Gasteiger partial charge < -0.3 is 25.0 Å². The van der Waals surface area contributed by atoms with Gasteiger partial charge in [-0.1, -0.05) is 6.42 Å². The molecule has 1 aromatic rings. The van der Waals surface area contributed by atoms with Crippen molar-refractivity contribution in [3.05, 3.63) is 18.2 Å². The molecule has 3 rings (SSSR count). The highest BCUT2D eigenvalue weighted by Crippen LogP contribution is 2.32. The van der Waals surface area contributed by atoms with Crippen LogP contribution in [0.2, 0.25) is 0 Å². The summed E-state index contributed by atoms with van der Waals surface area (Å²) in [6, 6.07) is 5.85. The molecule has 0 atom stereocenters. The topological polar surface area (TPSA) is 61.4 Å². The van der Waals surface area contributed by atoms with Gasteiger partial charge in [0.25, 0.3) is 0 Å². The zero-order chi connectivity index (χ0) is 21.4. The molecule has 2 saturated heterocycles. The minimum Gasteiger partial charge on any atom is -0.493 e. The average molecular weight is 418 g/mol. The van der Waals surface area contributed by atoms with Crippen molar-refractivity contribution in [2.75, 3.05) is 65.9 Å². The zero-order valence-corrected chi connectivity index (χ0v) is 19.2. The van der Waals surface area contributed by atoms with Crippen molar-refractivity contribution in [2.24, 2.45) is 4.99 Å². The van der Waals surface area contributed by atoms with E-state index in [1.54, 1.807) is 14.2 Å². The van der Waals surface area contributed by atoms with E-state index in [1.807, 2.05) is 18.2 Å². The van der Waals surface area contributed by atoms with Crippen LogP contribution in [0.3, 0.4) is 0 Å². The van der Waals surface area contributed by atoms with Gasteiger partial charge in [-0.2, -0.15) is 0 Å². The normalized spacial score (nSPS) is 20.6. The van der Waals surface area contributed by atoms with E-state index in [1.165, 1.54) is 45.2 Å². The first-order valence-electron chi connectivity index (χ1n) is 11.3. The number of aliphatic imine (C=N–C) groups is 1. The molecular formula is C23H39N5O2. The Morgan fingerprint density at radius 2 is 1.73 bits per heavy atom. The summed E-state index contributed by atoms with van der Waals surface area (Å²) in [4.78, 5) is 10.2. The number of ether oxygens (including phenoxy) is 2. The fraction of sp³-hybridized carbons (Fsp3) is 0.696. The van der Waals surface area contributed by atoms with Crippen LogP contribution < -0.4 is 20.1 Å². The number of methoxy groups -OCH3 is 2. The summed E-state index contributed by atoms with van der Waals surface area (Å²) in [5.74, 6) is 2.25. The Balaban J connectivity index is 1.77. The van der Waals surface area contributed by atoms with Gasteiger partial charge >= 0.3 is 0 Å². The number of guanidine groups is 1. The molecule has 2 aliphatic heterocycles. The van der Waals surface area contributed by atoms with Gasteiger partial charge in [-0.25, -0.2) is 0 Å². The summed E-state index contributed by atoms with van der Waals surface area (Å²) in [5.41, 5.74) is 1.11. The van der Waals surface area contributed by atoms with Crippen LogP contribution in [0, 0.1) is 0 Å². The number of benzene rings is 1. The van der Waals surface area contributed by atoms with Crippen molar-refractivity contribution in [1.29, 1.82) is 0 Å². The van der Waals surface area contributed by atoms with E-state index in [0.717, 1.165) is 43.6 Å². The maximum Gasteiger partial charge on any atom is 0.195 e. The van der Waals surface area contributed by atoms with Crippen LogP contribution in [0.15, 0.2) is 23.2 Å². The predicted molar refractivity (Wildman–Crippen MR) is 124 cm³/mol. The zero-order valence-electron chi connectivity index (χ0n) is 19.2. The first kappa shape index (κ1) is 22.7. The minimum atomic E-state index is 0.173. The van der Waals surface area contributed by atoms with Crippen molar-refractivity contribution in [2.45, 2.75) is 44.6 Å². The molecule has 0 radical (unpaired) electrons. The number of nitrogens with zero attached hydrogens (tertiary/aromatic N) is 3. The number of likely N-dealkylation sites (tertiary alicyclic amines) is 2. The molecule has 0 bridgehead atoms. The second-order valence-corrected chi connectivity index (χ2v) is 8.47. The second-order valence-electron chi connectivity index (χ2n) is 8.47. The Morgan fingerprint density at radius 3 is 2.37 bits per heavy atom. The third-order valence-electron chi connectivity index (χ3n) is 6.47. The maximum absolute atomic E-state index is 5.44. The van der Waals surface area contributed by atoms with Gasteiger partial charge in [0.1, 0.15) is 0 Å². The lowest BCUT2D eigenvalue weighted by Crippen LogP contribution is -2.58. The van der Waals surface area contributed by atoms with Crippen molar-refractivity contribution in [1.82, 2.24) is 15.1 Å². The Labute approximate surface area is 181 Å². The number of hydrogen-bond donors (Lipinski definition) is 2. The molecule has 30 heavy (non-hydrogen) atoms. The molecule has 2 aliphatic rings. The number of nitrogens with one attached hydrogen (secondary N) is 2. The predicted octanol–water partition coefficient (Wildman–Crippen LogP) is 3.03. The van der Waals surface area contributed by atoms with Gasteiger partial charge in [0.05, 0.1) is 20.8 Å². The highest BCUT2D eigenvalue weighted by molar-refractivity contribution is 5.94. The van der Waals surface area contributed by atoms with Gasteiger partial charge in [-0.15, -0.1) is 0 Å². The van der Waals surface area contributed by atoms with Crippen LogP contribution in [0.1, 0.15) is 39.0 Å². The van der Waals surface area contributed by atoms with E-state index in [4.69, 9.17) is 14.5 Å². The number of piperidine rings is 2. The Hall–Kier alpha value is -1.99. The minimum absolute atomic E-state index is 0.173. The first-order valence-corrected chi connectivity index (χ1v) is 11.3. The lowest BCUT2D eigenvalue weighted by atomic mass is 9.84. The van der Waals surface area contributed by atoms with Crippen LogP contribution in [0.4, 0.5) is 5.69 Å². The summed E-state index contributed by atoms with van der Waals surface area (Å²) in [7, 11) is 5.54. The fourth-order valence-electron chi connectivity index (χ4n) is 4.56. The highest BCUT2D eigenvalue weighted by atomic mass is 16.5. The van der Waals surface area contributed by atoms with Gasteiger partial charge in [0.15, 0.2) is 17.5 Å². The molecule has 7 heteroatoms. The summed E-state index contributed by atoms with van der Waals surface area (Å²) in [5, 5.41) is 6.85. The molecule has 7 nitrogen and oxygen atoms in total. The molecule has 2 fully saturated rings. The monoisotopic (exact) mass is 417 g/mol. The molecule has 2 N–H and O–H groups in total. The smallest absolute Gasteiger partial charge is 0.195 e. The van der Waals surface area contributed by atoms with E-state index in [0.29, 0.717) is 5.75 Å². The first-order chi connectivity index (χ1) is 14.6. The number of anilines is 1. The average Bonchev–Trinajstić information content (AvgIpc) is 2.79. The van der Waals surface area contributed by atoms with Crippen LogP contribution in [0.25, 0.3) is 0 Å². The highest BCUT2D eigenvalue weighted by Gasteiger charge is 2.39. The van der Waals surface area contributed by atoms with E-state index < -0.39 is 0 Å². The van der Waals surface area contributed by atoms with Crippen molar-refractivity contribution < 1.29 is 9.47 Å². The molecule has 0 unspecified atom stereocenters. The molecule has 2 heterocycles. The van der Waals surface area contributed by atoms with Crippen LogP contribution >= 0.6 is 0 Å². The Morgan fingerprint density at radius 1 is 1.03 bits per heavy atom. The largest absolute Gasteiger partial charge is 0.493 e. The van der Waals surface area contributed by atoms with Crippen molar-refractivity contribution >= 4 is 11.6 Å². The van der Waals surface area contributed by atoms with Gasteiger partial charge in [0.2, 0.25) is 0 Å². The summed E-state index contributed by atoms with van der Waals surface area (Å²) >= 11 is 0. The molecule has 0 amide bonds. The lowest BCUT2D eigenvalue weighted by molar-refractivity contribution is 0.0208. The van der Waals surface area contributed by atoms with Gasteiger partial charge in [0, 0.05) is 23.8 Å². The van der Waals surface area contributed by atoms with E-state index in [9.17, 15) is 0 Å². The van der Waals surface area contributed by atoms with E-state index in [-0.39, 0.29) is 5.54 Å². The Bertz CT molecular complexity index is 695. The molecule has 0 aliphatic carbocycles. The standard InChI is InChI=1S/C23H39N5O2/c1-5-24-22(26-19-9-10-20(29-3)21(17-19)30-4)25-18-23(11-15-27(2)16-12-23)28-13-7-6-8-14-28/h9-10,17H,5-8,11-16,18H2,1-4H3,(H2,24,25,26). The fourth-order valence-corrected chi connectivity index (χ4v) is 4.56. The second kappa shape index (κ2) is 10.9. The van der Waals surface area contributed by atoms with E-state index >= 15 is 0 Å². The number of hydrogen-bond acceptors (Lipinski definition) is 5. The summed E-state index contributed by atoms with van der Waals surface area (Å²) in [6.45, 7) is 8.44. The molecule has 0 spiro atoms. The molecule has 168 valence electrons. The summed E-state index contributed by atoms with van der Waals surface area (Å²) in [6.07, 6.45) is 6.35. The third-order valence-corrected chi connectivity index (χ3v) is 6.47. The van der Waals surface area contributed by atoms with Gasteiger partial charge in [-0.05, 0) is 78.0 Å². The SMILES string of the molecule is CCNC(=NCC1(N2CCCCC2)CCN(C)CC1)Nc1ccc(OC)c(OC)c1. The quantitative estimate of drug-likeness (QED) is 0.525. The molecule has 1 aromatic carbocycles. The van der Waals surface area contributed by atoms with Crippen molar-refractivity contribution in [3.63, 3.8) is 0 Å². The van der Waals surface area contributed by atoms with Crippen LogP contribution in [-0.4, -0.2) is 81.8 Å². The summed E-state index contributed by atoms with van der Waals surface area (Å²) < 4.78 is 10.8. The lowest BCUT2D eigenvalue weighted by Gasteiger charge is -2.49. The number of rotatable bonds is 7. The molecule has 0 saturated carbocycles.